The zero-order valence-electron chi connectivity index (χ0n) is 10.5. The van der Waals surface area contributed by atoms with Crippen LogP contribution in [0.1, 0.15) is 27.2 Å². The van der Waals surface area contributed by atoms with Crippen LogP contribution in [0.15, 0.2) is 0 Å². The number of methoxy groups -OCH3 is 1. The van der Waals surface area contributed by atoms with Gasteiger partial charge >= 0.3 is 11.9 Å². The summed E-state index contributed by atoms with van der Waals surface area (Å²) in [5, 5.41) is 0. The predicted octanol–water partition coefficient (Wildman–Crippen LogP) is 0.823. The number of carbonyl (C=O) groups excluding carboxylic acids is 2. The van der Waals surface area contributed by atoms with Gasteiger partial charge in [0.05, 0.1) is 26.7 Å². The van der Waals surface area contributed by atoms with Crippen molar-refractivity contribution in [3.8, 4) is 0 Å². The van der Waals surface area contributed by atoms with Crippen molar-refractivity contribution in [3.05, 3.63) is 0 Å². The molecule has 1 atom stereocenters. The van der Waals surface area contributed by atoms with Gasteiger partial charge in [0.1, 0.15) is 0 Å². The molecule has 0 aromatic heterocycles. The maximum atomic E-state index is 11.3. The number of esters is 2. The van der Waals surface area contributed by atoms with Crippen LogP contribution in [0, 0.1) is 0 Å². The summed E-state index contributed by atoms with van der Waals surface area (Å²) < 4.78 is 9.45. The summed E-state index contributed by atoms with van der Waals surface area (Å²) in [7, 11) is 1.35. The number of likely N-dealkylation sites (N-methyl/N-ethyl adjacent to an activating group) is 1. The van der Waals surface area contributed by atoms with Crippen LogP contribution < -0.4 is 0 Å². The maximum absolute atomic E-state index is 11.3. The van der Waals surface area contributed by atoms with Crippen LogP contribution >= 0.6 is 0 Å². The Morgan fingerprint density at radius 1 is 1.25 bits per heavy atom. The van der Waals surface area contributed by atoms with Gasteiger partial charge in [0.25, 0.3) is 0 Å². The van der Waals surface area contributed by atoms with Crippen LogP contribution in [-0.2, 0) is 19.1 Å². The highest BCUT2D eigenvalue weighted by molar-refractivity contribution is 5.72. The number of nitrogens with zero attached hydrogens (tertiary/aromatic N) is 1. The molecule has 0 spiro atoms. The summed E-state index contributed by atoms with van der Waals surface area (Å²) in [5.74, 6) is -0.532. The fourth-order valence-corrected chi connectivity index (χ4v) is 1.40. The number of ether oxygens (including phenoxy) is 2. The van der Waals surface area contributed by atoms with E-state index in [1.807, 2.05) is 18.7 Å². The molecule has 0 fully saturated rings. The molecule has 0 radical (unpaired) electrons. The van der Waals surface area contributed by atoms with E-state index < -0.39 is 0 Å². The van der Waals surface area contributed by atoms with Gasteiger partial charge in [0, 0.05) is 6.04 Å². The largest absolute Gasteiger partial charge is 0.468 e. The minimum atomic E-state index is -0.294. The minimum absolute atomic E-state index is 0.0249. The van der Waals surface area contributed by atoms with Crippen LogP contribution in [0.25, 0.3) is 0 Å². The summed E-state index contributed by atoms with van der Waals surface area (Å²) in [6.07, 6.45) is 0.290. The number of hydrogen-bond acceptors (Lipinski definition) is 5. The van der Waals surface area contributed by atoms with Gasteiger partial charge in [-0.1, -0.05) is 6.92 Å². The molecule has 1 unspecified atom stereocenters. The van der Waals surface area contributed by atoms with Crippen LogP contribution in [0.2, 0.25) is 0 Å². The first-order chi connectivity index (χ1) is 7.54. The lowest BCUT2D eigenvalue weighted by atomic mass is 10.2. The van der Waals surface area contributed by atoms with Crippen LogP contribution in [0.3, 0.4) is 0 Å². The van der Waals surface area contributed by atoms with Crippen molar-refractivity contribution in [2.75, 3.05) is 26.8 Å². The first kappa shape index (κ1) is 14.9. The first-order valence-electron chi connectivity index (χ1n) is 5.51. The lowest BCUT2D eigenvalue weighted by molar-refractivity contribution is -0.147. The molecule has 16 heavy (non-hydrogen) atoms. The fraction of sp³-hybridized carbons (Fsp3) is 0.818. The Morgan fingerprint density at radius 3 is 2.31 bits per heavy atom. The molecular weight excluding hydrogens is 210 g/mol. The molecule has 0 aliphatic rings. The molecule has 94 valence electrons. The summed E-state index contributed by atoms with van der Waals surface area (Å²) in [6, 6.07) is -0.0249. The topological polar surface area (TPSA) is 55.8 Å². The Hall–Kier alpha value is -1.10. The zero-order chi connectivity index (χ0) is 12.6. The molecule has 0 bridgehead atoms. The molecule has 0 aliphatic carbocycles. The second-order valence-electron chi connectivity index (χ2n) is 3.50. The maximum Gasteiger partial charge on any atom is 0.319 e. The molecule has 0 heterocycles. The highest BCUT2D eigenvalue weighted by Gasteiger charge is 2.19. The Kier molecular flexibility index (Phi) is 7.54. The van der Waals surface area contributed by atoms with E-state index in [0.29, 0.717) is 19.6 Å². The average molecular weight is 231 g/mol. The van der Waals surface area contributed by atoms with Crippen LogP contribution in [-0.4, -0.2) is 49.7 Å². The molecule has 0 aromatic rings. The van der Waals surface area contributed by atoms with E-state index in [-0.39, 0.29) is 24.5 Å². The quantitative estimate of drug-likeness (QED) is 0.607. The van der Waals surface area contributed by atoms with Crippen molar-refractivity contribution in [3.63, 3.8) is 0 Å². The van der Waals surface area contributed by atoms with Crippen molar-refractivity contribution in [1.82, 2.24) is 4.90 Å². The molecule has 0 amide bonds. The highest BCUT2D eigenvalue weighted by atomic mass is 16.5. The molecule has 5 nitrogen and oxygen atoms in total. The lowest BCUT2D eigenvalue weighted by Gasteiger charge is -2.25. The van der Waals surface area contributed by atoms with Crippen molar-refractivity contribution < 1.29 is 19.1 Å². The van der Waals surface area contributed by atoms with Crippen molar-refractivity contribution in [1.29, 1.82) is 0 Å². The van der Waals surface area contributed by atoms with Crippen molar-refractivity contribution in [2.24, 2.45) is 0 Å². The third kappa shape index (κ3) is 5.70. The summed E-state index contributed by atoms with van der Waals surface area (Å²) in [6.45, 7) is 6.88. The number of rotatable bonds is 7. The van der Waals surface area contributed by atoms with E-state index in [1.54, 1.807) is 6.92 Å². The Labute approximate surface area is 96.7 Å². The van der Waals surface area contributed by atoms with Gasteiger partial charge in [0.2, 0.25) is 0 Å². The molecule has 5 heteroatoms. The first-order valence-corrected chi connectivity index (χ1v) is 5.51. The Bertz CT molecular complexity index is 230. The average Bonchev–Trinajstić information content (AvgIpc) is 2.25. The van der Waals surface area contributed by atoms with Gasteiger partial charge in [-0.3, -0.25) is 14.5 Å². The van der Waals surface area contributed by atoms with Crippen molar-refractivity contribution in [2.45, 2.75) is 33.2 Å². The van der Waals surface area contributed by atoms with Crippen LogP contribution in [0.5, 0.6) is 0 Å². The third-order valence-corrected chi connectivity index (χ3v) is 2.36. The fourth-order valence-electron chi connectivity index (χ4n) is 1.40. The molecular formula is C11H21NO4. The molecule has 0 aliphatic heterocycles. The number of carbonyl (C=O) groups is 2. The minimum Gasteiger partial charge on any atom is -0.468 e. The monoisotopic (exact) mass is 231 g/mol. The van der Waals surface area contributed by atoms with E-state index in [9.17, 15) is 9.59 Å². The van der Waals surface area contributed by atoms with E-state index in [2.05, 4.69) is 4.74 Å². The van der Waals surface area contributed by atoms with Gasteiger partial charge in [-0.15, -0.1) is 0 Å². The predicted molar refractivity (Wildman–Crippen MR) is 60.0 cm³/mol. The summed E-state index contributed by atoms with van der Waals surface area (Å²) >= 11 is 0. The lowest BCUT2D eigenvalue weighted by Crippen LogP contribution is -2.39. The van der Waals surface area contributed by atoms with Crippen molar-refractivity contribution >= 4 is 11.9 Å². The second-order valence-corrected chi connectivity index (χ2v) is 3.50. The molecule has 0 saturated heterocycles. The second kappa shape index (κ2) is 8.10. The molecule has 0 aromatic carbocycles. The smallest absolute Gasteiger partial charge is 0.319 e. The van der Waals surface area contributed by atoms with E-state index in [0.717, 1.165) is 0 Å². The standard InChI is InChI=1S/C11H21NO4/c1-5-12(8-11(14)15-4)9(3)7-10(13)16-6-2/h9H,5-8H2,1-4H3. The SMILES string of the molecule is CCOC(=O)CC(C)N(CC)CC(=O)OC. The summed E-state index contributed by atoms with van der Waals surface area (Å²) in [5.41, 5.74) is 0. The molecule has 0 saturated carbocycles. The molecule has 0 rings (SSSR count). The van der Waals surface area contributed by atoms with Gasteiger partial charge in [0.15, 0.2) is 0 Å². The molecule has 0 N–H and O–H groups in total. The van der Waals surface area contributed by atoms with Gasteiger partial charge < -0.3 is 9.47 Å². The normalized spacial score (nSPS) is 12.3. The number of hydrogen-bond donors (Lipinski definition) is 0. The Balaban J connectivity index is 4.14. The zero-order valence-corrected chi connectivity index (χ0v) is 10.5. The van der Waals surface area contributed by atoms with E-state index in [4.69, 9.17) is 4.74 Å². The van der Waals surface area contributed by atoms with Gasteiger partial charge in [-0.05, 0) is 20.4 Å². The van der Waals surface area contributed by atoms with Gasteiger partial charge in [-0.25, -0.2) is 0 Å². The van der Waals surface area contributed by atoms with E-state index in [1.165, 1.54) is 7.11 Å². The summed E-state index contributed by atoms with van der Waals surface area (Å²) in [4.78, 5) is 24.3. The third-order valence-electron chi connectivity index (χ3n) is 2.36. The highest BCUT2D eigenvalue weighted by Crippen LogP contribution is 2.05. The van der Waals surface area contributed by atoms with E-state index >= 15 is 0 Å². The Morgan fingerprint density at radius 2 is 1.88 bits per heavy atom. The van der Waals surface area contributed by atoms with Crippen LogP contribution in [0.4, 0.5) is 0 Å². The van der Waals surface area contributed by atoms with Gasteiger partial charge in [-0.2, -0.15) is 0 Å².